The largest absolute Gasteiger partial charge is 0.383 e. The van der Waals surface area contributed by atoms with Gasteiger partial charge < -0.3 is 11.1 Å². The van der Waals surface area contributed by atoms with E-state index in [1.807, 2.05) is 0 Å². The Morgan fingerprint density at radius 3 is 2.88 bits per heavy atom. The first-order chi connectivity index (χ1) is 7.99. The summed E-state index contributed by atoms with van der Waals surface area (Å²) in [4.78, 5) is 14.6. The van der Waals surface area contributed by atoms with E-state index in [1.165, 1.54) is 18.3 Å². The van der Waals surface area contributed by atoms with Gasteiger partial charge in [0.15, 0.2) is 0 Å². The molecule has 0 spiro atoms. The van der Waals surface area contributed by atoms with Gasteiger partial charge >= 0.3 is 0 Å². The van der Waals surface area contributed by atoms with E-state index in [4.69, 9.17) is 5.73 Å². The molecule has 2 heterocycles. The summed E-state index contributed by atoms with van der Waals surface area (Å²) < 4.78 is 26.3. The number of carbonyl (C=O) groups excluding carboxylic acids is 1. The minimum absolute atomic E-state index is 0.0581. The molecule has 1 atom stereocenters. The van der Waals surface area contributed by atoms with Crippen LogP contribution in [0.15, 0.2) is 23.2 Å². The molecule has 1 aromatic heterocycles. The zero-order valence-corrected chi connectivity index (χ0v) is 9.70. The molecule has 1 aliphatic rings. The molecule has 92 valence electrons. The summed E-state index contributed by atoms with van der Waals surface area (Å²) in [5.74, 6) is -0.228. The van der Waals surface area contributed by atoms with Crippen LogP contribution in [0.25, 0.3) is 0 Å². The number of hydrogen-bond donors (Lipinski definition) is 3. The fourth-order valence-corrected chi connectivity index (χ4v) is 2.92. The van der Waals surface area contributed by atoms with Gasteiger partial charge in [-0.15, -0.1) is 0 Å². The lowest BCUT2D eigenvalue weighted by Gasteiger charge is -2.11. The van der Waals surface area contributed by atoms with E-state index in [1.54, 1.807) is 0 Å². The Balaban J connectivity index is 2.20. The summed E-state index contributed by atoms with van der Waals surface area (Å²) in [6.45, 7) is 0.290. The number of sulfonamides is 1. The molecule has 1 aliphatic heterocycles. The summed E-state index contributed by atoms with van der Waals surface area (Å²) in [7, 11) is -3.73. The van der Waals surface area contributed by atoms with E-state index < -0.39 is 16.1 Å². The van der Waals surface area contributed by atoms with Crippen molar-refractivity contribution in [3.05, 3.63) is 18.3 Å². The molecule has 17 heavy (non-hydrogen) atoms. The number of anilines is 1. The number of rotatable bonds is 3. The van der Waals surface area contributed by atoms with Crippen molar-refractivity contribution in [3.8, 4) is 0 Å². The Morgan fingerprint density at radius 2 is 2.29 bits per heavy atom. The van der Waals surface area contributed by atoms with Crippen molar-refractivity contribution in [1.82, 2.24) is 15.0 Å². The second kappa shape index (κ2) is 4.30. The first-order valence-electron chi connectivity index (χ1n) is 4.98. The molecule has 7 nitrogen and oxygen atoms in total. The summed E-state index contributed by atoms with van der Waals surface area (Å²) in [6.07, 6.45) is 1.55. The molecule has 1 unspecified atom stereocenters. The molecule has 1 amide bonds. The van der Waals surface area contributed by atoms with Gasteiger partial charge in [0.05, 0.1) is 0 Å². The molecule has 0 saturated carbocycles. The number of carbonyl (C=O) groups is 1. The van der Waals surface area contributed by atoms with Gasteiger partial charge in [-0.3, -0.25) is 4.79 Å². The number of nitrogens with two attached hydrogens (primary N) is 1. The van der Waals surface area contributed by atoms with Crippen LogP contribution in [0, 0.1) is 0 Å². The molecule has 1 aromatic rings. The molecular formula is C9H12N4O3S. The summed E-state index contributed by atoms with van der Waals surface area (Å²) in [6, 6.07) is 2.42. The standard InChI is InChI=1S/C9H12N4O3S/c10-9-7(2-1-3-11-9)17(15,16)13-6-4-8(14)12-5-6/h1-3,6,13H,4-5H2,(H2,10,11)(H,12,14). The first-order valence-corrected chi connectivity index (χ1v) is 6.47. The highest BCUT2D eigenvalue weighted by atomic mass is 32.2. The van der Waals surface area contributed by atoms with Gasteiger partial charge in [-0.25, -0.2) is 18.1 Å². The fraction of sp³-hybridized carbons (Fsp3) is 0.333. The Morgan fingerprint density at radius 1 is 1.53 bits per heavy atom. The SMILES string of the molecule is Nc1ncccc1S(=O)(=O)NC1CNC(=O)C1. The van der Waals surface area contributed by atoms with Crippen LogP contribution in [-0.4, -0.2) is 31.9 Å². The number of nitrogens with one attached hydrogen (secondary N) is 2. The molecule has 0 radical (unpaired) electrons. The highest BCUT2D eigenvalue weighted by Gasteiger charge is 2.27. The predicted octanol–water partition coefficient (Wildman–Crippen LogP) is -1.17. The second-order valence-electron chi connectivity index (χ2n) is 3.71. The number of pyridine rings is 1. The highest BCUT2D eigenvalue weighted by Crippen LogP contribution is 2.15. The van der Waals surface area contributed by atoms with E-state index in [0.29, 0.717) is 0 Å². The topological polar surface area (TPSA) is 114 Å². The number of nitrogen functional groups attached to an aromatic ring is 1. The summed E-state index contributed by atoms with van der Waals surface area (Å²) in [5, 5.41) is 2.55. The lowest BCUT2D eigenvalue weighted by Crippen LogP contribution is -2.36. The number of amides is 1. The van der Waals surface area contributed by atoms with Crippen LogP contribution in [0.4, 0.5) is 5.82 Å². The highest BCUT2D eigenvalue weighted by molar-refractivity contribution is 7.89. The van der Waals surface area contributed by atoms with Gasteiger partial charge in [0, 0.05) is 25.2 Å². The maximum Gasteiger partial charge on any atom is 0.244 e. The Hall–Kier alpha value is -1.67. The second-order valence-corrected chi connectivity index (χ2v) is 5.40. The van der Waals surface area contributed by atoms with Crippen LogP contribution in [0.2, 0.25) is 0 Å². The van der Waals surface area contributed by atoms with Crippen LogP contribution in [0.5, 0.6) is 0 Å². The Bertz CT molecular complexity index is 543. The quantitative estimate of drug-likeness (QED) is 0.630. The van der Waals surface area contributed by atoms with Crippen molar-refractivity contribution < 1.29 is 13.2 Å². The maximum atomic E-state index is 11.9. The average molecular weight is 256 g/mol. The molecule has 1 saturated heterocycles. The van der Waals surface area contributed by atoms with Crippen LogP contribution >= 0.6 is 0 Å². The van der Waals surface area contributed by atoms with Crippen molar-refractivity contribution in [3.63, 3.8) is 0 Å². The van der Waals surface area contributed by atoms with Crippen LogP contribution in [0.3, 0.4) is 0 Å². The van der Waals surface area contributed by atoms with Crippen LogP contribution < -0.4 is 15.8 Å². The first kappa shape index (κ1) is 11.8. The summed E-state index contributed by atoms with van der Waals surface area (Å²) in [5.41, 5.74) is 5.50. The third-order valence-corrected chi connectivity index (χ3v) is 3.96. The van der Waals surface area contributed by atoms with Crippen molar-refractivity contribution >= 4 is 21.7 Å². The predicted molar refractivity (Wildman–Crippen MR) is 60.4 cm³/mol. The lowest BCUT2D eigenvalue weighted by molar-refractivity contribution is -0.119. The number of hydrogen-bond acceptors (Lipinski definition) is 5. The number of nitrogens with zero attached hydrogens (tertiary/aromatic N) is 1. The molecule has 0 aliphatic carbocycles. The minimum Gasteiger partial charge on any atom is -0.383 e. The third-order valence-electron chi connectivity index (χ3n) is 2.39. The lowest BCUT2D eigenvalue weighted by atomic mass is 10.3. The van der Waals surface area contributed by atoms with E-state index >= 15 is 0 Å². The Labute approximate surface area is 98.5 Å². The van der Waals surface area contributed by atoms with Gasteiger partial charge in [-0.2, -0.15) is 0 Å². The summed E-state index contributed by atoms with van der Waals surface area (Å²) >= 11 is 0. The van der Waals surface area contributed by atoms with E-state index in [9.17, 15) is 13.2 Å². The Kier molecular flexibility index (Phi) is 2.99. The van der Waals surface area contributed by atoms with Gasteiger partial charge in [-0.1, -0.05) is 0 Å². The molecule has 0 bridgehead atoms. The van der Waals surface area contributed by atoms with E-state index in [0.717, 1.165) is 0 Å². The van der Waals surface area contributed by atoms with Crippen molar-refractivity contribution in [2.75, 3.05) is 12.3 Å². The van der Waals surface area contributed by atoms with Crippen molar-refractivity contribution in [1.29, 1.82) is 0 Å². The van der Waals surface area contributed by atoms with Gasteiger partial charge in [0.1, 0.15) is 10.7 Å². The van der Waals surface area contributed by atoms with Gasteiger partial charge in [0.2, 0.25) is 15.9 Å². The molecule has 1 fully saturated rings. The normalized spacial score (nSPS) is 20.2. The molecule has 4 N–H and O–H groups in total. The zero-order valence-electron chi connectivity index (χ0n) is 8.88. The van der Waals surface area contributed by atoms with Gasteiger partial charge in [-0.05, 0) is 12.1 Å². The molecule has 2 rings (SSSR count). The molecular weight excluding hydrogens is 244 g/mol. The van der Waals surface area contributed by atoms with E-state index in [-0.39, 0.29) is 29.6 Å². The maximum absolute atomic E-state index is 11.9. The minimum atomic E-state index is -3.73. The van der Waals surface area contributed by atoms with Crippen molar-refractivity contribution in [2.24, 2.45) is 0 Å². The molecule has 0 aromatic carbocycles. The van der Waals surface area contributed by atoms with Gasteiger partial charge in [0.25, 0.3) is 0 Å². The van der Waals surface area contributed by atoms with E-state index in [2.05, 4.69) is 15.0 Å². The van der Waals surface area contributed by atoms with Crippen LogP contribution in [-0.2, 0) is 14.8 Å². The zero-order chi connectivity index (χ0) is 12.5. The number of aromatic nitrogens is 1. The third kappa shape index (κ3) is 2.53. The van der Waals surface area contributed by atoms with Crippen LogP contribution in [0.1, 0.15) is 6.42 Å². The average Bonchev–Trinajstić information content (AvgIpc) is 2.63. The monoisotopic (exact) mass is 256 g/mol. The molecule has 8 heteroatoms. The smallest absolute Gasteiger partial charge is 0.244 e. The fourth-order valence-electron chi connectivity index (χ4n) is 1.60. The van der Waals surface area contributed by atoms with Crippen molar-refractivity contribution in [2.45, 2.75) is 17.4 Å².